The first-order valence-electron chi connectivity index (χ1n) is 12.1. The molecule has 0 saturated heterocycles. The average Bonchev–Trinajstić information content (AvgIpc) is 3.24. The van der Waals surface area contributed by atoms with Crippen molar-refractivity contribution < 1.29 is 4.79 Å². The molecule has 2 aromatic carbocycles. The summed E-state index contributed by atoms with van der Waals surface area (Å²) in [5.74, 6) is 0.278. The minimum atomic E-state index is -0.168. The highest BCUT2D eigenvalue weighted by molar-refractivity contribution is 5.98. The predicted molar refractivity (Wildman–Crippen MR) is 132 cm³/mol. The van der Waals surface area contributed by atoms with Crippen molar-refractivity contribution in [1.29, 1.82) is 0 Å². The summed E-state index contributed by atoms with van der Waals surface area (Å²) in [5, 5.41) is 1.87. The quantitative estimate of drug-likeness (QED) is 0.458. The van der Waals surface area contributed by atoms with Crippen LogP contribution in [0.1, 0.15) is 59.8 Å². The Morgan fingerprint density at radius 1 is 0.970 bits per heavy atom. The molecule has 4 aromatic rings. The van der Waals surface area contributed by atoms with Crippen LogP contribution in [0.4, 0.5) is 0 Å². The van der Waals surface area contributed by atoms with Gasteiger partial charge in [0.15, 0.2) is 0 Å². The summed E-state index contributed by atoms with van der Waals surface area (Å²) in [7, 11) is 1.91. The fourth-order valence-corrected chi connectivity index (χ4v) is 6.18. The number of aromatic amines is 1. The highest BCUT2D eigenvalue weighted by atomic mass is 16.2. The van der Waals surface area contributed by atoms with Crippen molar-refractivity contribution in [3.05, 3.63) is 81.8 Å². The van der Waals surface area contributed by atoms with Crippen LogP contribution in [0.3, 0.4) is 0 Å². The van der Waals surface area contributed by atoms with E-state index in [1.807, 2.05) is 40.8 Å². The van der Waals surface area contributed by atoms with Gasteiger partial charge in [0.05, 0.1) is 11.6 Å². The number of nitrogens with zero attached hydrogens (tertiary/aromatic N) is 2. The number of H-pyrrole nitrogens is 1. The minimum absolute atomic E-state index is 0.00914. The van der Waals surface area contributed by atoms with E-state index < -0.39 is 0 Å². The van der Waals surface area contributed by atoms with E-state index in [9.17, 15) is 9.59 Å². The second-order valence-electron chi connectivity index (χ2n) is 9.65. The summed E-state index contributed by atoms with van der Waals surface area (Å²) in [6, 6.07) is 16.0. The molecule has 2 aliphatic rings. The number of aryl methyl sites for hydroxylation is 1. The highest BCUT2D eigenvalue weighted by Crippen LogP contribution is 2.44. The molecule has 1 atom stereocenters. The van der Waals surface area contributed by atoms with Crippen molar-refractivity contribution in [2.45, 2.75) is 44.6 Å². The van der Waals surface area contributed by atoms with Gasteiger partial charge in [-0.05, 0) is 48.9 Å². The summed E-state index contributed by atoms with van der Waals surface area (Å²) >= 11 is 0. The highest BCUT2D eigenvalue weighted by Gasteiger charge is 2.39. The molecule has 0 unspecified atom stereocenters. The van der Waals surface area contributed by atoms with Crippen LogP contribution in [0.2, 0.25) is 0 Å². The van der Waals surface area contributed by atoms with Gasteiger partial charge < -0.3 is 14.5 Å². The van der Waals surface area contributed by atoms with E-state index in [-0.39, 0.29) is 22.9 Å². The summed E-state index contributed by atoms with van der Waals surface area (Å²) in [5.41, 5.74) is 4.62. The van der Waals surface area contributed by atoms with E-state index in [4.69, 9.17) is 0 Å². The maximum atomic E-state index is 14.0. The van der Waals surface area contributed by atoms with Gasteiger partial charge in [0.1, 0.15) is 5.56 Å². The fraction of sp³-hybridized carbons (Fsp3) is 0.357. The number of carbonyl (C=O) groups excluding carboxylic acids is 1. The third-order valence-corrected chi connectivity index (χ3v) is 7.76. The molecule has 1 aliphatic carbocycles. The van der Waals surface area contributed by atoms with Crippen LogP contribution in [0.25, 0.3) is 21.8 Å². The molecule has 5 nitrogen and oxygen atoms in total. The Labute approximate surface area is 193 Å². The van der Waals surface area contributed by atoms with Gasteiger partial charge in [-0.2, -0.15) is 0 Å². The molecule has 0 bridgehead atoms. The molecule has 3 heterocycles. The van der Waals surface area contributed by atoms with Crippen LogP contribution < -0.4 is 5.43 Å². The third-order valence-electron chi connectivity index (χ3n) is 7.76. The molecule has 1 aliphatic heterocycles. The van der Waals surface area contributed by atoms with Crippen LogP contribution in [0.15, 0.2) is 59.5 Å². The van der Waals surface area contributed by atoms with Crippen LogP contribution in [-0.2, 0) is 13.5 Å². The van der Waals surface area contributed by atoms with Crippen LogP contribution in [0.5, 0.6) is 0 Å². The molecule has 5 heteroatoms. The van der Waals surface area contributed by atoms with E-state index in [1.165, 1.54) is 35.9 Å². The monoisotopic (exact) mass is 439 g/mol. The lowest BCUT2D eigenvalue weighted by molar-refractivity contribution is 0.0532. The maximum absolute atomic E-state index is 14.0. The van der Waals surface area contributed by atoms with Gasteiger partial charge in [0, 0.05) is 41.8 Å². The summed E-state index contributed by atoms with van der Waals surface area (Å²) < 4.78 is 1.90. The van der Waals surface area contributed by atoms with Gasteiger partial charge in [-0.15, -0.1) is 0 Å². The number of carbonyl (C=O) groups is 1. The van der Waals surface area contributed by atoms with Crippen LogP contribution in [-0.4, -0.2) is 26.9 Å². The molecule has 1 fully saturated rings. The molecular weight excluding hydrogens is 410 g/mol. The van der Waals surface area contributed by atoms with Crippen LogP contribution >= 0.6 is 0 Å². The molecule has 1 saturated carbocycles. The number of aromatic nitrogens is 2. The van der Waals surface area contributed by atoms with Crippen molar-refractivity contribution in [2.24, 2.45) is 13.0 Å². The Kier molecular flexibility index (Phi) is 4.86. The number of fused-ring (bicyclic) bond motifs is 4. The van der Waals surface area contributed by atoms with Gasteiger partial charge in [0.2, 0.25) is 5.43 Å². The Morgan fingerprint density at radius 3 is 2.52 bits per heavy atom. The van der Waals surface area contributed by atoms with Gasteiger partial charge >= 0.3 is 0 Å². The van der Waals surface area contributed by atoms with Crippen molar-refractivity contribution in [3.8, 4) is 0 Å². The average molecular weight is 440 g/mol. The SMILES string of the molecule is Cn1cc(C(=O)N2CCc3c([nH]c4ccccc34)[C@H]2C2CCCCC2)c(=O)c2ccccc21. The maximum Gasteiger partial charge on any atom is 0.259 e. The molecule has 0 radical (unpaired) electrons. The number of nitrogens with one attached hydrogen (secondary N) is 1. The Hall–Kier alpha value is -3.34. The van der Waals surface area contributed by atoms with Crippen molar-refractivity contribution in [1.82, 2.24) is 14.5 Å². The first kappa shape index (κ1) is 20.3. The van der Waals surface area contributed by atoms with Gasteiger partial charge in [-0.25, -0.2) is 0 Å². The molecule has 0 spiro atoms. The second kappa shape index (κ2) is 7.91. The van der Waals surface area contributed by atoms with E-state index in [0.717, 1.165) is 30.3 Å². The molecule has 168 valence electrons. The first-order valence-corrected chi connectivity index (χ1v) is 12.1. The predicted octanol–water partition coefficient (Wildman–Crippen LogP) is 5.34. The van der Waals surface area contributed by atoms with Crippen molar-refractivity contribution in [2.75, 3.05) is 6.54 Å². The number of amides is 1. The normalized spacial score (nSPS) is 19.2. The third kappa shape index (κ3) is 3.21. The Bertz CT molecular complexity index is 1420. The number of benzene rings is 2. The van der Waals surface area contributed by atoms with Crippen molar-refractivity contribution in [3.63, 3.8) is 0 Å². The molecule has 1 amide bonds. The summed E-state index contributed by atoms with van der Waals surface area (Å²) in [6.07, 6.45) is 8.46. The first-order chi connectivity index (χ1) is 16.1. The van der Waals surface area contributed by atoms with E-state index >= 15 is 0 Å². The molecule has 6 rings (SSSR count). The Balaban J connectivity index is 1.48. The minimum Gasteiger partial charge on any atom is -0.356 e. The van der Waals surface area contributed by atoms with Gasteiger partial charge in [0.25, 0.3) is 5.91 Å². The summed E-state index contributed by atoms with van der Waals surface area (Å²) in [6.45, 7) is 0.644. The zero-order valence-corrected chi connectivity index (χ0v) is 19.0. The second-order valence-corrected chi connectivity index (χ2v) is 9.65. The fourth-order valence-electron chi connectivity index (χ4n) is 6.18. The largest absolute Gasteiger partial charge is 0.356 e. The van der Waals surface area contributed by atoms with Crippen LogP contribution in [0, 0.1) is 5.92 Å². The molecule has 33 heavy (non-hydrogen) atoms. The Morgan fingerprint density at radius 2 is 1.70 bits per heavy atom. The number of hydrogen-bond acceptors (Lipinski definition) is 2. The van der Waals surface area contributed by atoms with Gasteiger partial charge in [-0.3, -0.25) is 9.59 Å². The standard InChI is InChI=1S/C28H29N3O2/c1-30-17-22(27(32)21-12-6-8-14-24(21)30)28(33)31-16-15-20-19-11-5-7-13-23(19)29-25(20)26(31)18-9-3-2-4-10-18/h5-8,11-14,17-18,26,29H,2-4,9-10,15-16H2,1H3/t26-/m1/s1. The van der Waals surface area contributed by atoms with E-state index in [0.29, 0.717) is 17.8 Å². The van der Waals surface area contributed by atoms with Crippen molar-refractivity contribution >= 4 is 27.7 Å². The van der Waals surface area contributed by atoms with E-state index in [2.05, 4.69) is 29.2 Å². The summed E-state index contributed by atoms with van der Waals surface area (Å²) in [4.78, 5) is 33.0. The number of rotatable bonds is 2. The topological polar surface area (TPSA) is 58.1 Å². The zero-order chi connectivity index (χ0) is 22.5. The zero-order valence-electron chi connectivity index (χ0n) is 19.0. The van der Waals surface area contributed by atoms with Gasteiger partial charge in [-0.1, -0.05) is 49.6 Å². The number of pyridine rings is 1. The molecule has 1 N–H and O–H groups in total. The number of para-hydroxylation sites is 2. The number of hydrogen-bond donors (Lipinski definition) is 1. The lowest BCUT2D eigenvalue weighted by Crippen LogP contribution is -2.45. The lowest BCUT2D eigenvalue weighted by atomic mass is 9.79. The molecular formula is C28H29N3O2. The lowest BCUT2D eigenvalue weighted by Gasteiger charge is -2.41. The molecule has 2 aromatic heterocycles. The smallest absolute Gasteiger partial charge is 0.259 e. The van der Waals surface area contributed by atoms with E-state index in [1.54, 1.807) is 6.20 Å².